The van der Waals surface area contributed by atoms with E-state index < -0.39 is 0 Å². The first kappa shape index (κ1) is 19.8. The van der Waals surface area contributed by atoms with E-state index in [4.69, 9.17) is 9.72 Å². The minimum atomic E-state index is -0.280. The quantitative estimate of drug-likeness (QED) is 0.401. The molecule has 6 heteroatoms. The highest BCUT2D eigenvalue weighted by atomic mass is 19.1. The van der Waals surface area contributed by atoms with E-state index in [0.29, 0.717) is 29.5 Å². The highest BCUT2D eigenvalue weighted by Gasteiger charge is 2.15. The van der Waals surface area contributed by atoms with E-state index in [-0.39, 0.29) is 5.82 Å². The number of benzene rings is 2. The average Bonchev–Trinajstić information content (AvgIpc) is 2.79. The summed E-state index contributed by atoms with van der Waals surface area (Å²) in [5, 5.41) is 3.98. The molecule has 0 amide bonds. The van der Waals surface area contributed by atoms with Gasteiger partial charge in [-0.25, -0.2) is 14.4 Å². The molecule has 2 heterocycles. The molecule has 0 spiro atoms. The topological polar surface area (TPSA) is 59.9 Å². The maximum Gasteiger partial charge on any atom is 0.163 e. The lowest BCUT2D eigenvalue weighted by atomic mass is 10.0. The maximum absolute atomic E-state index is 13.8. The monoisotopic (exact) mass is 402 g/mol. The number of ether oxygens (including phenoxy) is 1. The Morgan fingerprint density at radius 2 is 1.87 bits per heavy atom. The van der Waals surface area contributed by atoms with Crippen molar-refractivity contribution in [3.8, 4) is 28.3 Å². The highest BCUT2D eigenvalue weighted by molar-refractivity contribution is 5.97. The van der Waals surface area contributed by atoms with Crippen LogP contribution in [0, 0.1) is 5.82 Å². The Kier molecular flexibility index (Phi) is 5.84. The van der Waals surface area contributed by atoms with Crippen molar-refractivity contribution in [1.29, 1.82) is 0 Å². The van der Waals surface area contributed by atoms with Gasteiger partial charge in [0.15, 0.2) is 5.82 Å². The van der Waals surface area contributed by atoms with Crippen LogP contribution in [-0.2, 0) is 0 Å². The second kappa shape index (κ2) is 8.86. The third kappa shape index (κ3) is 4.08. The molecule has 4 rings (SSSR count). The highest BCUT2D eigenvalue weighted by Crippen LogP contribution is 2.36. The Hall–Kier alpha value is -3.54. The van der Waals surface area contributed by atoms with Gasteiger partial charge in [-0.2, -0.15) is 0 Å². The van der Waals surface area contributed by atoms with Crippen molar-refractivity contribution in [1.82, 2.24) is 15.0 Å². The fourth-order valence-corrected chi connectivity index (χ4v) is 3.29. The van der Waals surface area contributed by atoms with Crippen LogP contribution in [0.15, 0.2) is 60.9 Å². The Morgan fingerprint density at radius 1 is 1.00 bits per heavy atom. The molecule has 0 saturated heterocycles. The van der Waals surface area contributed by atoms with Crippen molar-refractivity contribution >= 4 is 16.7 Å². The summed E-state index contributed by atoms with van der Waals surface area (Å²) < 4.78 is 19.9. The average molecular weight is 402 g/mol. The van der Waals surface area contributed by atoms with E-state index in [1.165, 1.54) is 12.1 Å². The van der Waals surface area contributed by atoms with Gasteiger partial charge in [0.05, 0.1) is 6.61 Å². The van der Waals surface area contributed by atoms with Crippen LogP contribution in [0.4, 0.5) is 10.2 Å². The second-order valence-electron chi connectivity index (χ2n) is 6.97. The standard InChI is InChI=1S/C24H23FN4O/c1-3-4-11-30-21-14-18(16-7-5-9-19(25)12-16)13-20-22(21)28-23(29-24(20)26-2)17-8-6-10-27-15-17/h5-10,12-15H,3-4,11H2,1-2H3,(H,26,28,29). The molecule has 0 unspecified atom stereocenters. The maximum atomic E-state index is 13.8. The lowest BCUT2D eigenvalue weighted by Gasteiger charge is -2.15. The minimum absolute atomic E-state index is 0.280. The molecule has 0 radical (unpaired) electrons. The van der Waals surface area contributed by atoms with Gasteiger partial charge < -0.3 is 10.1 Å². The van der Waals surface area contributed by atoms with E-state index >= 15 is 0 Å². The summed E-state index contributed by atoms with van der Waals surface area (Å²) >= 11 is 0. The van der Waals surface area contributed by atoms with E-state index in [0.717, 1.165) is 34.9 Å². The molecule has 30 heavy (non-hydrogen) atoms. The first-order valence-corrected chi connectivity index (χ1v) is 10.0. The smallest absolute Gasteiger partial charge is 0.163 e. The first-order valence-electron chi connectivity index (χ1n) is 10.0. The van der Waals surface area contributed by atoms with Crippen LogP contribution in [0.2, 0.25) is 0 Å². The van der Waals surface area contributed by atoms with Crippen molar-refractivity contribution < 1.29 is 9.13 Å². The van der Waals surface area contributed by atoms with Gasteiger partial charge in [0.1, 0.15) is 22.9 Å². The van der Waals surface area contributed by atoms with E-state index in [1.807, 2.05) is 37.4 Å². The largest absolute Gasteiger partial charge is 0.491 e. The van der Waals surface area contributed by atoms with Crippen molar-refractivity contribution in [3.63, 3.8) is 0 Å². The zero-order chi connectivity index (χ0) is 20.9. The zero-order valence-corrected chi connectivity index (χ0v) is 17.0. The van der Waals surface area contributed by atoms with Gasteiger partial charge in [0, 0.05) is 30.4 Å². The molecule has 4 aromatic rings. The number of hydrogen-bond acceptors (Lipinski definition) is 5. The summed E-state index contributed by atoms with van der Waals surface area (Å²) in [4.78, 5) is 13.7. The normalized spacial score (nSPS) is 10.9. The third-order valence-electron chi connectivity index (χ3n) is 4.84. The van der Waals surface area contributed by atoms with Gasteiger partial charge >= 0.3 is 0 Å². The summed E-state index contributed by atoms with van der Waals surface area (Å²) in [7, 11) is 1.82. The third-order valence-corrected chi connectivity index (χ3v) is 4.84. The SMILES string of the molecule is CCCCOc1cc(-c2cccc(F)c2)cc2c(NC)nc(-c3cccnc3)nc12. The molecule has 152 valence electrons. The first-order chi connectivity index (χ1) is 14.7. The number of halogens is 1. The molecule has 5 nitrogen and oxygen atoms in total. The summed E-state index contributed by atoms with van der Waals surface area (Å²) in [6.07, 6.45) is 5.41. The molecule has 0 aliphatic carbocycles. The van der Waals surface area contributed by atoms with Crippen molar-refractivity contribution in [2.45, 2.75) is 19.8 Å². The molecule has 0 aliphatic heterocycles. The Bertz CT molecular complexity index is 1160. The number of nitrogens with zero attached hydrogens (tertiary/aromatic N) is 3. The number of anilines is 1. The molecular weight excluding hydrogens is 379 g/mol. The van der Waals surface area contributed by atoms with Gasteiger partial charge in [0.2, 0.25) is 0 Å². The number of nitrogens with one attached hydrogen (secondary N) is 1. The van der Waals surface area contributed by atoms with Crippen molar-refractivity contribution in [3.05, 3.63) is 66.7 Å². The molecule has 0 bridgehead atoms. The van der Waals surface area contributed by atoms with Gasteiger partial charge in [-0.1, -0.05) is 25.5 Å². The van der Waals surface area contributed by atoms with Crippen molar-refractivity contribution in [2.24, 2.45) is 0 Å². The van der Waals surface area contributed by atoms with Gasteiger partial charge in [-0.05, 0) is 53.9 Å². The summed E-state index contributed by atoms with van der Waals surface area (Å²) in [5.74, 6) is 1.62. The summed E-state index contributed by atoms with van der Waals surface area (Å²) in [6.45, 7) is 2.70. The van der Waals surface area contributed by atoms with Gasteiger partial charge in [0.25, 0.3) is 0 Å². The Balaban J connectivity index is 1.93. The number of rotatable bonds is 7. The van der Waals surface area contributed by atoms with Crippen LogP contribution in [0.3, 0.4) is 0 Å². The molecule has 1 N–H and O–H groups in total. The van der Waals surface area contributed by atoms with Crippen LogP contribution in [0.5, 0.6) is 5.75 Å². The molecular formula is C24H23FN4O. The van der Waals surface area contributed by atoms with E-state index in [9.17, 15) is 4.39 Å². The number of aromatic nitrogens is 3. The lowest BCUT2D eigenvalue weighted by molar-refractivity contribution is 0.312. The van der Waals surface area contributed by atoms with Crippen LogP contribution in [-0.4, -0.2) is 28.6 Å². The molecule has 0 saturated carbocycles. The molecule has 0 aliphatic rings. The molecule has 2 aromatic heterocycles. The molecule has 2 aromatic carbocycles. The zero-order valence-electron chi connectivity index (χ0n) is 17.0. The number of hydrogen-bond donors (Lipinski definition) is 1. The predicted molar refractivity (Wildman–Crippen MR) is 118 cm³/mol. The fraction of sp³-hybridized carbons (Fsp3) is 0.208. The van der Waals surface area contributed by atoms with E-state index in [2.05, 4.69) is 22.2 Å². The van der Waals surface area contributed by atoms with E-state index in [1.54, 1.807) is 18.5 Å². The molecule has 0 atom stereocenters. The summed E-state index contributed by atoms with van der Waals surface area (Å²) in [5.41, 5.74) is 3.16. The lowest BCUT2D eigenvalue weighted by Crippen LogP contribution is -2.03. The van der Waals surface area contributed by atoms with Crippen molar-refractivity contribution in [2.75, 3.05) is 19.0 Å². The van der Waals surface area contributed by atoms with Gasteiger partial charge in [-0.15, -0.1) is 0 Å². The fourth-order valence-electron chi connectivity index (χ4n) is 3.29. The number of unbranched alkanes of at least 4 members (excludes halogenated alkanes) is 1. The van der Waals surface area contributed by atoms with Gasteiger partial charge in [-0.3, -0.25) is 4.98 Å². The van der Waals surface area contributed by atoms with Crippen LogP contribution >= 0.6 is 0 Å². The Morgan fingerprint density at radius 3 is 2.60 bits per heavy atom. The Labute approximate surface area is 175 Å². The van der Waals surface area contributed by atoms with Crippen LogP contribution in [0.1, 0.15) is 19.8 Å². The predicted octanol–water partition coefficient (Wildman–Crippen LogP) is 5.72. The van der Waals surface area contributed by atoms with Crippen LogP contribution in [0.25, 0.3) is 33.4 Å². The summed E-state index contributed by atoms with van der Waals surface area (Å²) in [6, 6.07) is 14.2. The minimum Gasteiger partial charge on any atom is -0.491 e. The molecule has 0 fully saturated rings. The number of pyridine rings is 1. The second-order valence-corrected chi connectivity index (χ2v) is 6.97. The number of fused-ring (bicyclic) bond motifs is 1. The van der Waals surface area contributed by atoms with Crippen LogP contribution < -0.4 is 10.1 Å².